The molecule has 4 atom stereocenters. The summed E-state index contributed by atoms with van der Waals surface area (Å²) in [7, 11) is 0. The molecule has 3 aliphatic rings. The molecule has 3 fully saturated rings. The molecular weight excluding hydrogens is 699 g/mol. The Bertz CT molecular complexity index is 1820. The van der Waals surface area contributed by atoms with E-state index in [0.29, 0.717) is 6.54 Å². The Kier molecular flexibility index (Phi) is 8.39. The Labute approximate surface area is 286 Å². The van der Waals surface area contributed by atoms with E-state index in [0.717, 1.165) is 18.4 Å². The number of piperidine rings is 1. The van der Waals surface area contributed by atoms with Gasteiger partial charge in [0.05, 0.1) is 0 Å². The summed E-state index contributed by atoms with van der Waals surface area (Å²) in [6.45, 7) is 0.900. The number of amides is 2. The van der Waals surface area contributed by atoms with Crippen molar-refractivity contribution in [3.63, 3.8) is 0 Å². The molecule has 6 heteroatoms. The zero-order valence-electron chi connectivity index (χ0n) is 26.8. The summed E-state index contributed by atoms with van der Waals surface area (Å²) in [6, 6.07) is 52.8. The second kappa shape index (κ2) is 13.1. The molecular formula is C42H38N2O3Sn. The van der Waals surface area contributed by atoms with Crippen LogP contribution in [0.4, 0.5) is 4.79 Å². The fourth-order valence-electron chi connectivity index (χ4n) is 8.29. The van der Waals surface area contributed by atoms with E-state index in [9.17, 15) is 9.59 Å². The number of hydrogen-bond acceptors (Lipinski definition) is 3. The second-order valence-electron chi connectivity index (χ2n) is 13.0. The van der Waals surface area contributed by atoms with Gasteiger partial charge in [0.25, 0.3) is 0 Å². The zero-order valence-corrected chi connectivity index (χ0v) is 29.6. The molecule has 0 aromatic heterocycles. The molecule has 0 radical (unpaired) electrons. The van der Waals surface area contributed by atoms with E-state index in [1.54, 1.807) is 4.90 Å². The molecule has 0 bridgehead atoms. The van der Waals surface area contributed by atoms with Gasteiger partial charge in [-0.25, -0.2) is 0 Å². The monoisotopic (exact) mass is 738 g/mol. The number of benzene rings is 5. The first-order chi connectivity index (χ1) is 23.6. The summed E-state index contributed by atoms with van der Waals surface area (Å²) >= 11 is -3.82. The molecule has 3 aliphatic heterocycles. The predicted octanol–water partition coefficient (Wildman–Crippen LogP) is 5.66. The molecule has 0 aliphatic carbocycles. The van der Waals surface area contributed by atoms with Gasteiger partial charge in [-0.2, -0.15) is 0 Å². The van der Waals surface area contributed by atoms with Crippen molar-refractivity contribution >= 4 is 41.1 Å². The predicted molar refractivity (Wildman–Crippen MR) is 192 cm³/mol. The van der Waals surface area contributed by atoms with Gasteiger partial charge in [-0.15, -0.1) is 0 Å². The topological polar surface area (TPSA) is 49.9 Å². The molecule has 0 N–H and O–H groups in total. The van der Waals surface area contributed by atoms with Crippen LogP contribution < -0.4 is 10.7 Å². The SMILES string of the molecule is O=C1[C@@H](N2C(=O)OC[C@@H]2c2ccccc2)[C@H]2[C@H](Cc3ccccc3)/C(=[CH]/[Sn]([c]3ccccc3)([c]3ccccc3)[c]3ccccc3)CCN12. The maximum absolute atomic E-state index is 14.0. The van der Waals surface area contributed by atoms with Gasteiger partial charge in [0.1, 0.15) is 0 Å². The van der Waals surface area contributed by atoms with E-state index in [1.165, 1.54) is 21.9 Å². The van der Waals surface area contributed by atoms with Crippen molar-refractivity contribution < 1.29 is 14.3 Å². The minimum atomic E-state index is -3.82. The van der Waals surface area contributed by atoms with Gasteiger partial charge in [-0.1, -0.05) is 0 Å². The number of carbonyl (C=O) groups is 2. The molecule has 3 heterocycles. The van der Waals surface area contributed by atoms with Gasteiger partial charge in [-0.05, 0) is 0 Å². The summed E-state index contributed by atoms with van der Waals surface area (Å²) in [5, 5.41) is 0. The standard InChI is InChI=1S/C24H23N2O3.3C6H5.Sn/c1-16-12-13-25-21(19(16)14-17-8-4-2-5-9-17)22(23(25)27)26-20(15-29-24(26)28)18-10-6-3-7-11-18;3*1-2-4-6-5-3-1;/h1-11,19-22H,12-15H2;3*1-5H;/t19-,20-,21-,22+;;;;/m1..../s1. The Hall–Kier alpha value is -4.62. The van der Waals surface area contributed by atoms with Crippen LogP contribution in [0.25, 0.3) is 0 Å². The van der Waals surface area contributed by atoms with Crippen molar-refractivity contribution in [1.82, 2.24) is 9.80 Å². The van der Waals surface area contributed by atoms with Gasteiger partial charge >= 0.3 is 288 Å². The number of nitrogens with zero attached hydrogens (tertiary/aromatic N) is 2. The second-order valence-corrected chi connectivity index (χ2v) is 23.4. The van der Waals surface area contributed by atoms with Crippen molar-refractivity contribution in [2.75, 3.05) is 13.2 Å². The van der Waals surface area contributed by atoms with Crippen LogP contribution >= 0.6 is 0 Å². The summed E-state index contributed by atoms with van der Waals surface area (Å²) in [5.74, 6) is 0.0710. The molecule has 48 heavy (non-hydrogen) atoms. The summed E-state index contributed by atoms with van der Waals surface area (Å²) in [5.41, 5.74) is 3.62. The fraction of sp³-hybridized carbons (Fsp3) is 0.190. The van der Waals surface area contributed by atoms with Gasteiger partial charge in [-0.3, -0.25) is 0 Å². The van der Waals surface area contributed by atoms with Gasteiger partial charge in [0, 0.05) is 0 Å². The van der Waals surface area contributed by atoms with Crippen LogP contribution in [0.5, 0.6) is 0 Å². The van der Waals surface area contributed by atoms with Crippen molar-refractivity contribution in [1.29, 1.82) is 0 Å². The van der Waals surface area contributed by atoms with Crippen molar-refractivity contribution in [2.24, 2.45) is 5.92 Å². The van der Waals surface area contributed by atoms with Crippen LogP contribution in [-0.4, -0.2) is 65.4 Å². The van der Waals surface area contributed by atoms with Crippen LogP contribution in [0.15, 0.2) is 161 Å². The first-order valence-electron chi connectivity index (χ1n) is 16.9. The van der Waals surface area contributed by atoms with E-state index in [1.807, 2.05) is 35.2 Å². The van der Waals surface area contributed by atoms with E-state index in [-0.39, 0.29) is 30.5 Å². The van der Waals surface area contributed by atoms with Crippen molar-refractivity contribution in [2.45, 2.75) is 31.0 Å². The molecule has 2 amide bonds. The molecule has 0 saturated carbocycles. The summed E-state index contributed by atoms with van der Waals surface area (Å²) < 4.78 is 12.6. The van der Waals surface area contributed by atoms with Gasteiger partial charge in [0.15, 0.2) is 0 Å². The first-order valence-corrected chi connectivity index (χ1v) is 22.8. The number of carbonyl (C=O) groups excluding carboxylic acids is 2. The first kappa shape index (κ1) is 30.7. The van der Waals surface area contributed by atoms with Crippen LogP contribution in [0.3, 0.4) is 0 Å². The van der Waals surface area contributed by atoms with Crippen LogP contribution in [0.1, 0.15) is 23.6 Å². The van der Waals surface area contributed by atoms with E-state index < -0.39 is 30.5 Å². The normalized spacial score (nSPS) is 23.0. The third kappa shape index (κ3) is 5.34. The molecule has 3 saturated heterocycles. The van der Waals surface area contributed by atoms with Crippen molar-refractivity contribution in [3.8, 4) is 0 Å². The van der Waals surface area contributed by atoms with Crippen LogP contribution in [0.2, 0.25) is 0 Å². The molecule has 5 aromatic carbocycles. The number of ether oxygens (including phenoxy) is 1. The third-order valence-electron chi connectivity index (χ3n) is 10.5. The Morgan fingerprint density at radius 3 is 1.71 bits per heavy atom. The molecule has 0 unspecified atom stereocenters. The average Bonchev–Trinajstić information content (AvgIpc) is 3.53. The van der Waals surface area contributed by atoms with E-state index >= 15 is 0 Å². The molecule has 238 valence electrons. The minimum absolute atomic E-state index is 0.0286. The van der Waals surface area contributed by atoms with Gasteiger partial charge in [0.2, 0.25) is 0 Å². The fourth-order valence-corrected chi connectivity index (χ4v) is 21.3. The quantitative estimate of drug-likeness (QED) is 0.153. The number of cyclic esters (lactones) is 1. The molecule has 5 aromatic rings. The number of β-lactam (4-membered cyclic amide) rings is 1. The number of hydrogen-bond donors (Lipinski definition) is 0. The average molecular weight is 737 g/mol. The van der Waals surface area contributed by atoms with Gasteiger partial charge < -0.3 is 0 Å². The van der Waals surface area contributed by atoms with E-state index in [2.05, 4.69) is 125 Å². The third-order valence-corrected chi connectivity index (χ3v) is 23.5. The summed E-state index contributed by atoms with van der Waals surface area (Å²) in [4.78, 5) is 31.3. The number of fused-ring (bicyclic) bond motifs is 1. The maximum atomic E-state index is 14.0. The van der Waals surface area contributed by atoms with Crippen LogP contribution in [-0.2, 0) is 16.0 Å². The van der Waals surface area contributed by atoms with E-state index in [4.69, 9.17) is 4.74 Å². The molecule has 0 spiro atoms. The Morgan fingerprint density at radius 1 is 0.667 bits per heavy atom. The zero-order chi connectivity index (χ0) is 32.5. The van der Waals surface area contributed by atoms with Crippen molar-refractivity contribution in [3.05, 3.63) is 172 Å². The Morgan fingerprint density at radius 2 is 1.17 bits per heavy atom. The summed E-state index contributed by atoms with van der Waals surface area (Å²) in [6.07, 6.45) is 1.20. The van der Waals surface area contributed by atoms with Crippen LogP contribution in [0, 0.1) is 5.92 Å². The molecule has 5 nitrogen and oxygen atoms in total. The Balaban J connectivity index is 1.30. The number of rotatable bonds is 8. The molecule has 8 rings (SSSR count).